The molecule has 0 fully saturated rings. The lowest BCUT2D eigenvalue weighted by Gasteiger charge is -1.96. The molecule has 4 N–H and O–H groups in total. The van der Waals surface area contributed by atoms with Crippen LogP contribution >= 0.6 is 11.8 Å². The maximum atomic E-state index is 8.28. The first-order valence-electron chi connectivity index (χ1n) is 4.20. The Morgan fingerprint density at radius 1 is 1.71 bits per heavy atom. The summed E-state index contributed by atoms with van der Waals surface area (Å²) in [5.74, 6) is 1.92. The highest BCUT2D eigenvalue weighted by Gasteiger charge is 2.00. The number of nitrogens with zero attached hydrogens (tertiary/aromatic N) is 3. The van der Waals surface area contributed by atoms with Gasteiger partial charge in [-0.05, 0) is 13.3 Å². The van der Waals surface area contributed by atoms with Crippen LogP contribution in [0.4, 0.5) is 0 Å². The molecule has 0 aliphatic rings. The first-order chi connectivity index (χ1) is 6.72. The summed E-state index contributed by atoms with van der Waals surface area (Å²) in [5, 5.41) is 18.6. The largest absolute Gasteiger partial charge is 0.409 e. The van der Waals surface area contributed by atoms with Crippen molar-refractivity contribution >= 4 is 17.6 Å². The lowest BCUT2D eigenvalue weighted by atomic mass is 10.3. The Morgan fingerprint density at radius 3 is 3.07 bits per heavy atom. The second-order valence-electron chi connectivity index (χ2n) is 2.75. The van der Waals surface area contributed by atoms with Gasteiger partial charge >= 0.3 is 0 Å². The van der Waals surface area contributed by atoms with Gasteiger partial charge in [-0.25, -0.2) is 4.98 Å². The summed E-state index contributed by atoms with van der Waals surface area (Å²) in [7, 11) is 0. The quantitative estimate of drug-likeness (QED) is 0.168. The van der Waals surface area contributed by atoms with E-state index in [1.54, 1.807) is 11.8 Å². The van der Waals surface area contributed by atoms with Crippen LogP contribution in [0.15, 0.2) is 10.3 Å². The minimum absolute atomic E-state index is 0.261. The number of hydrogen-bond acceptors (Lipinski definition) is 5. The lowest BCUT2D eigenvalue weighted by Crippen LogP contribution is -2.11. The molecular weight excluding hydrogens is 202 g/mol. The maximum absolute atomic E-state index is 8.28. The number of rotatable bonds is 5. The Kier molecular flexibility index (Phi) is 4.24. The van der Waals surface area contributed by atoms with Gasteiger partial charge in [-0.1, -0.05) is 16.9 Å². The van der Waals surface area contributed by atoms with Crippen LogP contribution in [-0.4, -0.2) is 32.0 Å². The molecule has 0 spiro atoms. The molecule has 0 saturated carbocycles. The maximum Gasteiger partial charge on any atom is 0.208 e. The first kappa shape index (κ1) is 10.8. The molecule has 1 aromatic rings. The highest BCUT2D eigenvalue weighted by molar-refractivity contribution is 7.99. The van der Waals surface area contributed by atoms with E-state index in [1.807, 2.05) is 6.92 Å². The Hall–Kier alpha value is -1.24. The number of aryl methyl sites for hydroxylation is 1. The van der Waals surface area contributed by atoms with Crippen LogP contribution in [0.1, 0.15) is 18.7 Å². The predicted molar refractivity (Wildman–Crippen MR) is 54.5 cm³/mol. The zero-order valence-electron chi connectivity index (χ0n) is 7.90. The fourth-order valence-electron chi connectivity index (χ4n) is 0.853. The highest BCUT2D eigenvalue weighted by atomic mass is 32.2. The summed E-state index contributed by atoms with van der Waals surface area (Å²) >= 11 is 1.55. The normalized spacial score (nSPS) is 11.9. The van der Waals surface area contributed by atoms with E-state index in [9.17, 15) is 0 Å². The van der Waals surface area contributed by atoms with Gasteiger partial charge in [-0.15, -0.1) is 5.10 Å². The number of nitrogens with one attached hydrogen (secondary N) is 1. The molecule has 6 nitrogen and oxygen atoms in total. The van der Waals surface area contributed by atoms with Crippen LogP contribution in [0.5, 0.6) is 0 Å². The van der Waals surface area contributed by atoms with Crippen molar-refractivity contribution < 1.29 is 5.21 Å². The summed E-state index contributed by atoms with van der Waals surface area (Å²) in [6.07, 6.45) is 1.43. The standard InChI is InChI=1S/C7H13N5OS/c1-5-9-7(11-10-5)14-4-2-3-6(8)12-13/h13H,2-4H2,1H3,(H2,8,12)(H,9,10,11). The van der Waals surface area contributed by atoms with E-state index in [1.165, 1.54) is 0 Å². The first-order valence-corrected chi connectivity index (χ1v) is 5.19. The van der Waals surface area contributed by atoms with Crippen molar-refractivity contribution in [3.8, 4) is 0 Å². The Balaban J connectivity index is 2.16. The number of aromatic nitrogens is 3. The second kappa shape index (κ2) is 5.48. The molecule has 0 radical (unpaired) electrons. The summed E-state index contributed by atoms with van der Waals surface area (Å²) in [6, 6.07) is 0. The van der Waals surface area contributed by atoms with E-state index < -0.39 is 0 Å². The fraction of sp³-hybridized carbons (Fsp3) is 0.571. The second-order valence-corrected chi connectivity index (χ2v) is 3.81. The van der Waals surface area contributed by atoms with E-state index in [0.717, 1.165) is 23.2 Å². The third-order valence-electron chi connectivity index (χ3n) is 1.51. The highest BCUT2D eigenvalue weighted by Crippen LogP contribution is 2.13. The SMILES string of the molecule is Cc1nc(SCCC/C(N)=N/O)n[nH]1. The van der Waals surface area contributed by atoms with E-state index >= 15 is 0 Å². The molecule has 0 unspecified atom stereocenters. The zero-order chi connectivity index (χ0) is 10.4. The number of oxime groups is 1. The summed E-state index contributed by atoms with van der Waals surface area (Å²) < 4.78 is 0. The molecule has 14 heavy (non-hydrogen) atoms. The van der Waals surface area contributed by atoms with Gasteiger partial charge in [0.2, 0.25) is 5.16 Å². The monoisotopic (exact) mass is 215 g/mol. The zero-order valence-corrected chi connectivity index (χ0v) is 8.71. The molecule has 1 aromatic heterocycles. The van der Waals surface area contributed by atoms with Crippen molar-refractivity contribution in [1.29, 1.82) is 0 Å². The molecule has 0 saturated heterocycles. The van der Waals surface area contributed by atoms with Crippen molar-refractivity contribution in [2.45, 2.75) is 24.9 Å². The van der Waals surface area contributed by atoms with Gasteiger partial charge < -0.3 is 10.9 Å². The Labute approximate surface area is 86.0 Å². The Bertz CT molecular complexity index is 311. The van der Waals surface area contributed by atoms with E-state index in [0.29, 0.717) is 6.42 Å². The van der Waals surface area contributed by atoms with Gasteiger partial charge in [-0.3, -0.25) is 5.10 Å². The van der Waals surface area contributed by atoms with Crippen molar-refractivity contribution in [3.63, 3.8) is 0 Å². The summed E-state index contributed by atoms with van der Waals surface area (Å²) in [4.78, 5) is 4.13. The van der Waals surface area contributed by atoms with E-state index in [-0.39, 0.29) is 5.84 Å². The number of amidine groups is 1. The molecule has 0 amide bonds. The van der Waals surface area contributed by atoms with Crippen LogP contribution < -0.4 is 5.73 Å². The molecule has 0 aliphatic heterocycles. The molecular formula is C7H13N5OS. The molecule has 0 atom stereocenters. The minimum Gasteiger partial charge on any atom is -0.409 e. The van der Waals surface area contributed by atoms with Gasteiger partial charge in [-0.2, -0.15) is 0 Å². The van der Waals surface area contributed by atoms with Crippen molar-refractivity contribution in [2.75, 3.05) is 5.75 Å². The number of nitrogens with two attached hydrogens (primary N) is 1. The van der Waals surface area contributed by atoms with E-state index in [4.69, 9.17) is 10.9 Å². The minimum atomic E-state index is 0.261. The summed E-state index contributed by atoms with van der Waals surface area (Å²) in [5.41, 5.74) is 5.31. The summed E-state index contributed by atoms with van der Waals surface area (Å²) in [6.45, 7) is 1.85. The average Bonchev–Trinajstić information content (AvgIpc) is 2.58. The number of H-pyrrole nitrogens is 1. The van der Waals surface area contributed by atoms with Crippen LogP contribution in [0, 0.1) is 6.92 Å². The third kappa shape index (κ3) is 3.65. The number of hydrogen-bond donors (Lipinski definition) is 3. The fourth-order valence-corrected chi connectivity index (χ4v) is 1.64. The van der Waals surface area contributed by atoms with Gasteiger partial charge in [0.15, 0.2) is 0 Å². The van der Waals surface area contributed by atoms with Crippen LogP contribution in [0.25, 0.3) is 0 Å². The number of aromatic amines is 1. The molecule has 7 heteroatoms. The average molecular weight is 215 g/mol. The smallest absolute Gasteiger partial charge is 0.208 e. The number of thioether (sulfide) groups is 1. The molecule has 0 bridgehead atoms. The molecule has 0 aromatic carbocycles. The topological polar surface area (TPSA) is 100 Å². The van der Waals surface area contributed by atoms with Crippen molar-refractivity contribution in [2.24, 2.45) is 10.9 Å². The molecule has 1 heterocycles. The van der Waals surface area contributed by atoms with Crippen LogP contribution in [0.2, 0.25) is 0 Å². The van der Waals surface area contributed by atoms with Gasteiger partial charge in [0.25, 0.3) is 0 Å². The van der Waals surface area contributed by atoms with Gasteiger partial charge in [0.05, 0.1) is 0 Å². The third-order valence-corrected chi connectivity index (χ3v) is 2.45. The molecule has 1 rings (SSSR count). The van der Waals surface area contributed by atoms with Crippen molar-refractivity contribution in [1.82, 2.24) is 15.2 Å². The molecule has 78 valence electrons. The predicted octanol–water partition coefficient (Wildman–Crippen LogP) is 0.732. The van der Waals surface area contributed by atoms with Crippen LogP contribution in [0.3, 0.4) is 0 Å². The Morgan fingerprint density at radius 2 is 2.50 bits per heavy atom. The lowest BCUT2D eigenvalue weighted by molar-refractivity contribution is 0.317. The van der Waals surface area contributed by atoms with Crippen molar-refractivity contribution in [3.05, 3.63) is 5.82 Å². The van der Waals surface area contributed by atoms with Gasteiger partial charge in [0.1, 0.15) is 11.7 Å². The van der Waals surface area contributed by atoms with Crippen LogP contribution in [-0.2, 0) is 0 Å². The molecule has 0 aliphatic carbocycles. The van der Waals surface area contributed by atoms with Gasteiger partial charge in [0, 0.05) is 12.2 Å². The van der Waals surface area contributed by atoms with E-state index in [2.05, 4.69) is 20.3 Å².